The first kappa shape index (κ1) is 9.65. The number of hydrogen-bond donors (Lipinski definition) is 2. The summed E-state index contributed by atoms with van der Waals surface area (Å²) in [6.45, 7) is 0. The molecule has 5 heteroatoms. The van der Waals surface area contributed by atoms with Crippen molar-refractivity contribution in [2.45, 2.75) is 0 Å². The highest BCUT2D eigenvalue weighted by Crippen LogP contribution is 2.19. The van der Waals surface area contributed by atoms with Crippen molar-refractivity contribution in [1.82, 2.24) is 14.5 Å². The highest BCUT2D eigenvalue weighted by molar-refractivity contribution is 5.78. The number of nitrogens with zero attached hydrogens (tertiary/aromatic N) is 2. The number of aromatic amines is 1. The summed E-state index contributed by atoms with van der Waals surface area (Å²) < 4.78 is 1.50. The molecule has 0 unspecified atom stereocenters. The van der Waals surface area contributed by atoms with E-state index in [1.807, 2.05) is 0 Å². The lowest BCUT2D eigenvalue weighted by atomic mass is 10.3. The van der Waals surface area contributed by atoms with E-state index in [4.69, 9.17) is 0 Å². The van der Waals surface area contributed by atoms with Crippen LogP contribution < -0.4 is 5.69 Å². The Morgan fingerprint density at radius 1 is 1.18 bits per heavy atom. The Hall–Kier alpha value is -2.56. The fourth-order valence-electron chi connectivity index (χ4n) is 1.84. The van der Waals surface area contributed by atoms with Crippen LogP contribution in [-0.2, 0) is 0 Å². The molecule has 0 radical (unpaired) electrons. The van der Waals surface area contributed by atoms with Gasteiger partial charge in [0, 0.05) is 18.5 Å². The smallest absolute Gasteiger partial charge is 0.331 e. The van der Waals surface area contributed by atoms with E-state index in [9.17, 15) is 9.90 Å². The molecule has 3 aromatic rings. The zero-order valence-electron chi connectivity index (χ0n) is 8.79. The van der Waals surface area contributed by atoms with Gasteiger partial charge >= 0.3 is 5.69 Å². The van der Waals surface area contributed by atoms with Crippen LogP contribution in [0.4, 0.5) is 0 Å². The number of phenolic OH excluding ortho intramolecular Hbond substituents is 1. The number of nitrogens with one attached hydrogen (secondary N) is 1. The Bertz CT molecular complexity index is 728. The van der Waals surface area contributed by atoms with Gasteiger partial charge in [-0.05, 0) is 24.3 Å². The van der Waals surface area contributed by atoms with Crippen LogP contribution in [0.3, 0.4) is 0 Å². The Labute approximate surface area is 96.0 Å². The minimum Gasteiger partial charge on any atom is -0.508 e. The monoisotopic (exact) mass is 227 g/mol. The van der Waals surface area contributed by atoms with Crippen molar-refractivity contribution in [3.8, 4) is 11.4 Å². The number of H-pyrrole nitrogens is 1. The van der Waals surface area contributed by atoms with Crippen LogP contribution in [0.5, 0.6) is 5.75 Å². The van der Waals surface area contributed by atoms with Gasteiger partial charge in [0.2, 0.25) is 0 Å². The maximum atomic E-state index is 11.9. The Kier molecular flexibility index (Phi) is 1.98. The number of imidazole rings is 1. The SMILES string of the molecule is O=c1[nH]c2ccc(O)cc2n1-c1ccncc1. The molecule has 0 aliphatic rings. The highest BCUT2D eigenvalue weighted by Gasteiger charge is 2.08. The molecule has 0 spiro atoms. The van der Waals surface area contributed by atoms with E-state index < -0.39 is 0 Å². The standard InChI is InChI=1S/C12H9N3O2/c16-9-1-2-10-11(7-9)15(12(17)14-10)8-3-5-13-6-4-8/h1-7,16H,(H,14,17). The predicted molar refractivity (Wildman–Crippen MR) is 63.4 cm³/mol. The van der Waals surface area contributed by atoms with Crippen LogP contribution in [0.25, 0.3) is 16.7 Å². The number of benzene rings is 1. The molecule has 0 saturated carbocycles. The van der Waals surface area contributed by atoms with E-state index in [-0.39, 0.29) is 11.4 Å². The van der Waals surface area contributed by atoms with Gasteiger partial charge in [0.25, 0.3) is 0 Å². The predicted octanol–water partition coefficient (Wildman–Crippen LogP) is 1.42. The Morgan fingerprint density at radius 2 is 1.94 bits per heavy atom. The molecule has 3 rings (SSSR count). The van der Waals surface area contributed by atoms with Crippen molar-refractivity contribution >= 4 is 11.0 Å². The maximum Gasteiger partial charge on any atom is 0.331 e. The van der Waals surface area contributed by atoms with Crippen molar-refractivity contribution in [2.24, 2.45) is 0 Å². The molecule has 0 saturated heterocycles. The first-order valence-corrected chi connectivity index (χ1v) is 5.10. The summed E-state index contributed by atoms with van der Waals surface area (Å²) in [4.78, 5) is 18.5. The van der Waals surface area contributed by atoms with Crippen LogP contribution >= 0.6 is 0 Å². The third kappa shape index (κ3) is 1.48. The Morgan fingerprint density at radius 3 is 2.71 bits per heavy atom. The molecule has 0 amide bonds. The number of phenols is 1. The number of aromatic hydroxyl groups is 1. The summed E-state index contributed by atoms with van der Waals surface area (Å²) in [5.41, 5.74) is 1.80. The first-order valence-electron chi connectivity index (χ1n) is 5.10. The van der Waals surface area contributed by atoms with Crippen molar-refractivity contribution < 1.29 is 5.11 Å². The number of pyridine rings is 1. The summed E-state index contributed by atoms with van der Waals surface area (Å²) in [7, 11) is 0. The molecule has 2 aromatic heterocycles. The van der Waals surface area contributed by atoms with Crippen LogP contribution in [0.15, 0.2) is 47.5 Å². The Balaban J connectivity index is 2.40. The molecule has 1 aromatic carbocycles. The maximum absolute atomic E-state index is 11.9. The van der Waals surface area contributed by atoms with Gasteiger partial charge in [0.1, 0.15) is 5.75 Å². The molecule has 17 heavy (non-hydrogen) atoms. The molecule has 0 atom stereocenters. The summed E-state index contributed by atoms with van der Waals surface area (Å²) >= 11 is 0. The van der Waals surface area contributed by atoms with Crippen molar-refractivity contribution in [1.29, 1.82) is 0 Å². The third-order valence-electron chi connectivity index (χ3n) is 2.59. The lowest BCUT2D eigenvalue weighted by molar-refractivity contribution is 0.476. The topological polar surface area (TPSA) is 70.9 Å². The van der Waals surface area contributed by atoms with Crippen LogP contribution in [-0.4, -0.2) is 19.6 Å². The largest absolute Gasteiger partial charge is 0.508 e. The van der Waals surface area contributed by atoms with Crippen molar-refractivity contribution in [2.75, 3.05) is 0 Å². The van der Waals surface area contributed by atoms with E-state index in [0.29, 0.717) is 16.7 Å². The van der Waals surface area contributed by atoms with Crippen LogP contribution in [0.2, 0.25) is 0 Å². The van der Waals surface area contributed by atoms with Crippen molar-refractivity contribution in [3.05, 3.63) is 53.2 Å². The average Bonchev–Trinajstić information content (AvgIpc) is 2.65. The summed E-state index contributed by atoms with van der Waals surface area (Å²) in [6, 6.07) is 8.23. The van der Waals surface area contributed by atoms with Crippen molar-refractivity contribution in [3.63, 3.8) is 0 Å². The lowest BCUT2D eigenvalue weighted by Gasteiger charge is -2.02. The quantitative estimate of drug-likeness (QED) is 0.660. The average molecular weight is 227 g/mol. The van der Waals surface area contributed by atoms with Gasteiger partial charge in [-0.3, -0.25) is 9.55 Å². The van der Waals surface area contributed by atoms with E-state index in [0.717, 1.165) is 0 Å². The van der Waals surface area contributed by atoms with Gasteiger partial charge in [-0.25, -0.2) is 4.79 Å². The van der Waals surface area contributed by atoms with Gasteiger partial charge in [-0.1, -0.05) is 0 Å². The second-order valence-electron chi connectivity index (χ2n) is 3.67. The van der Waals surface area contributed by atoms with Gasteiger partial charge in [0.15, 0.2) is 0 Å². The molecule has 0 bridgehead atoms. The summed E-state index contributed by atoms with van der Waals surface area (Å²) in [5.74, 6) is 0.124. The molecule has 84 valence electrons. The third-order valence-corrected chi connectivity index (χ3v) is 2.59. The summed E-state index contributed by atoms with van der Waals surface area (Å²) in [5, 5.41) is 9.47. The molecule has 0 aliphatic carbocycles. The highest BCUT2D eigenvalue weighted by atomic mass is 16.3. The van der Waals surface area contributed by atoms with E-state index in [1.165, 1.54) is 10.6 Å². The van der Waals surface area contributed by atoms with E-state index in [2.05, 4.69) is 9.97 Å². The second kappa shape index (κ2) is 3.48. The normalized spacial score (nSPS) is 10.8. The molecule has 0 aliphatic heterocycles. The number of aromatic nitrogens is 3. The zero-order valence-corrected chi connectivity index (χ0v) is 8.79. The van der Waals surface area contributed by atoms with Gasteiger partial charge in [-0.2, -0.15) is 0 Å². The number of rotatable bonds is 1. The molecular formula is C12H9N3O2. The van der Waals surface area contributed by atoms with Gasteiger partial charge in [-0.15, -0.1) is 0 Å². The first-order chi connectivity index (χ1) is 8.25. The van der Waals surface area contributed by atoms with Gasteiger partial charge < -0.3 is 10.1 Å². The molecular weight excluding hydrogens is 218 g/mol. The fraction of sp³-hybridized carbons (Fsp3) is 0. The molecule has 2 N–H and O–H groups in total. The minimum absolute atomic E-state index is 0.124. The summed E-state index contributed by atoms with van der Waals surface area (Å²) in [6.07, 6.45) is 3.23. The van der Waals surface area contributed by atoms with E-state index in [1.54, 1.807) is 36.7 Å². The fourth-order valence-corrected chi connectivity index (χ4v) is 1.84. The van der Waals surface area contributed by atoms with Crippen LogP contribution in [0.1, 0.15) is 0 Å². The number of fused-ring (bicyclic) bond motifs is 1. The molecule has 5 nitrogen and oxygen atoms in total. The lowest BCUT2D eigenvalue weighted by Crippen LogP contribution is -2.14. The minimum atomic E-state index is -0.239. The molecule has 2 heterocycles. The molecule has 0 fully saturated rings. The zero-order chi connectivity index (χ0) is 11.8. The second-order valence-corrected chi connectivity index (χ2v) is 3.67. The van der Waals surface area contributed by atoms with Crippen LogP contribution in [0, 0.1) is 0 Å². The van der Waals surface area contributed by atoms with E-state index >= 15 is 0 Å². The van der Waals surface area contributed by atoms with Gasteiger partial charge in [0.05, 0.1) is 16.7 Å². The number of hydrogen-bond acceptors (Lipinski definition) is 3.